The van der Waals surface area contributed by atoms with Crippen molar-refractivity contribution in [2.24, 2.45) is 5.92 Å². The molecule has 2 atom stereocenters. The lowest BCUT2D eigenvalue weighted by atomic mass is 10.1. The molecule has 1 N–H and O–H groups in total. The second kappa shape index (κ2) is 4.47. The summed E-state index contributed by atoms with van der Waals surface area (Å²) in [5, 5.41) is 14.1. The van der Waals surface area contributed by atoms with Crippen LogP contribution in [0.4, 0.5) is 11.4 Å². The fourth-order valence-electron chi connectivity index (χ4n) is 2.21. The van der Waals surface area contributed by atoms with Gasteiger partial charge in [-0.25, -0.2) is 0 Å². The van der Waals surface area contributed by atoms with Crippen LogP contribution < -0.4 is 5.32 Å². The Labute approximate surface area is 94.0 Å². The molecule has 0 aromatic carbocycles. The molecule has 0 bridgehead atoms. The predicted octanol–water partition coefficient (Wildman–Crippen LogP) is 2.59. The molecule has 0 spiro atoms. The van der Waals surface area contributed by atoms with Crippen molar-refractivity contribution in [3.05, 3.63) is 28.6 Å². The quantitative estimate of drug-likeness (QED) is 0.629. The number of nitrogens with one attached hydrogen (secondary N) is 1. The van der Waals surface area contributed by atoms with Crippen LogP contribution in [0.2, 0.25) is 0 Å². The molecule has 5 heteroatoms. The summed E-state index contributed by atoms with van der Waals surface area (Å²) in [6.45, 7) is 2.18. The molecule has 1 aromatic rings. The number of rotatable bonds is 3. The van der Waals surface area contributed by atoms with E-state index in [0.29, 0.717) is 17.6 Å². The van der Waals surface area contributed by atoms with Crippen LogP contribution in [-0.4, -0.2) is 15.9 Å². The summed E-state index contributed by atoms with van der Waals surface area (Å²) in [7, 11) is 0. The van der Waals surface area contributed by atoms with Crippen molar-refractivity contribution in [1.29, 1.82) is 0 Å². The smallest absolute Gasteiger partial charge is 0.310 e. The molecule has 1 aliphatic rings. The normalized spacial score (nSPS) is 24.3. The maximum absolute atomic E-state index is 10.8. The lowest BCUT2D eigenvalue weighted by Crippen LogP contribution is -2.22. The van der Waals surface area contributed by atoms with E-state index in [1.807, 2.05) is 0 Å². The summed E-state index contributed by atoms with van der Waals surface area (Å²) >= 11 is 0. The van der Waals surface area contributed by atoms with Crippen molar-refractivity contribution in [3.8, 4) is 0 Å². The van der Waals surface area contributed by atoms with Crippen LogP contribution in [0.1, 0.15) is 26.2 Å². The number of nitrogens with zero attached hydrogens (tertiary/aromatic N) is 2. The van der Waals surface area contributed by atoms with Crippen LogP contribution >= 0.6 is 0 Å². The van der Waals surface area contributed by atoms with Crippen LogP contribution in [0.3, 0.4) is 0 Å². The fraction of sp³-hybridized carbons (Fsp3) is 0.545. The van der Waals surface area contributed by atoms with E-state index in [0.717, 1.165) is 6.42 Å². The van der Waals surface area contributed by atoms with Crippen LogP contribution in [0.15, 0.2) is 18.5 Å². The Morgan fingerprint density at radius 3 is 3.00 bits per heavy atom. The van der Waals surface area contributed by atoms with E-state index >= 15 is 0 Å². The molecule has 5 nitrogen and oxygen atoms in total. The molecule has 1 aliphatic carbocycles. The number of aromatic nitrogens is 1. The Hall–Kier alpha value is -1.65. The van der Waals surface area contributed by atoms with E-state index < -0.39 is 4.92 Å². The van der Waals surface area contributed by atoms with E-state index in [-0.39, 0.29) is 5.69 Å². The summed E-state index contributed by atoms with van der Waals surface area (Å²) in [4.78, 5) is 14.2. The maximum atomic E-state index is 10.8. The third kappa shape index (κ3) is 2.13. The highest BCUT2D eigenvalue weighted by Gasteiger charge is 2.25. The minimum absolute atomic E-state index is 0.0570. The van der Waals surface area contributed by atoms with E-state index in [4.69, 9.17) is 0 Å². The van der Waals surface area contributed by atoms with Gasteiger partial charge in [-0.1, -0.05) is 13.3 Å². The summed E-state index contributed by atoms with van der Waals surface area (Å²) < 4.78 is 0. The van der Waals surface area contributed by atoms with Crippen LogP contribution in [0, 0.1) is 16.0 Å². The van der Waals surface area contributed by atoms with Gasteiger partial charge < -0.3 is 5.32 Å². The minimum Gasteiger partial charge on any atom is -0.376 e. The average Bonchev–Trinajstić information content (AvgIpc) is 2.65. The third-order valence-corrected chi connectivity index (χ3v) is 3.20. The Kier molecular flexibility index (Phi) is 3.03. The summed E-state index contributed by atoms with van der Waals surface area (Å²) in [6, 6.07) is 2.02. The van der Waals surface area contributed by atoms with E-state index in [9.17, 15) is 10.1 Å². The molecule has 86 valence electrons. The van der Waals surface area contributed by atoms with Crippen LogP contribution in [0.5, 0.6) is 0 Å². The zero-order chi connectivity index (χ0) is 11.5. The molecule has 1 fully saturated rings. The fourth-order valence-corrected chi connectivity index (χ4v) is 2.21. The standard InChI is InChI=1S/C11H15N3O2/c1-8-3-2-4-9(8)13-10-5-6-12-7-11(10)14(15)16/h5-9H,2-4H2,1H3,(H,12,13). The number of hydrogen-bond acceptors (Lipinski definition) is 4. The van der Waals surface area contributed by atoms with Gasteiger partial charge in [-0.3, -0.25) is 15.1 Å². The second-order valence-electron chi connectivity index (χ2n) is 4.31. The van der Waals surface area contributed by atoms with Crippen molar-refractivity contribution >= 4 is 11.4 Å². The Balaban J connectivity index is 2.17. The highest BCUT2D eigenvalue weighted by Crippen LogP contribution is 2.30. The van der Waals surface area contributed by atoms with E-state index in [1.165, 1.54) is 19.0 Å². The highest BCUT2D eigenvalue weighted by atomic mass is 16.6. The molecule has 1 heterocycles. The largest absolute Gasteiger partial charge is 0.376 e. The highest BCUT2D eigenvalue weighted by molar-refractivity contribution is 5.60. The van der Waals surface area contributed by atoms with E-state index in [1.54, 1.807) is 12.3 Å². The molecule has 2 rings (SSSR count). The first-order valence-corrected chi connectivity index (χ1v) is 5.53. The van der Waals surface area contributed by atoms with Gasteiger partial charge in [0.05, 0.1) is 4.92 Å². The summed E-state index contributed by atoms with van der Waals surface area (Å²) in [5.41, 5.74) is 0.639. The van der Waals surface area contributed by atoms with Gasteiger partial charge in [-0.2, -0.15) is 0 Å². The van der Waals surface area contributed by atoms with Gasteiger partial charge in [0.2, 0.25) is 0 Å². The maximum Gasteiger partial charge on any atom is 0.310 e. The van der Waals surface area contributed by atoms with Gasteiger partial charge in [0, 0.05) is 12.2 Å². The topological polar surface area (TPSA) is 68.1 Å². The summed E-state index contributed by atoms with van der Waals surface area (Å²) in [6.07, 6.45) is 6.34. The SMILES string of the molecule is CC1CCCC1Nc1ccncc1[N+](=O)[O-]. The zero-order valence-electron chi connectivity index (χ0n) is 9.22. The second-order valence-corrected chi connectivity index (χ2v) is 4.31. The lowest BCUT2D eigenvalue weighted by Gasteiger charge is -2.18. The first kappa shape index (κ1) is 10.9. The van der Waals surface area contributed by atoms with Crippen LogP contribution in [-0.2, 0) is 0 Å². The van der Waals surface area contributed by atoms with Crippen LogP contribution in [0.25, 0.3) is 0 Å². The minimum atomic E-state index is -0.394. The number of nitro groups is 1. The first-order chi connectivity index (χ1) is 7.68. The Morgan fingerprint density at radius 2 is 2.38 bits per heavy atom. The van der Waals surface area contributed by atoms with Gasteiger partial charge in [0.1, 0.15) is 11.9 Å². The molecule has 0 radical (unpaired) electrons. The van der Waals surface area contributed by atoms with Gasteiger partial charge >= 0.3 is 5.69 Å². The molecule has 0 saturated heterocycles. The monoisotopic (exact) mass is 221 g/mol. The Bertz CT molecular complexity index is 395. The van der Waals surface area contributed by atoms with Crippen molar-refractivity contribution in [3.63, 3.8) is 0 Å². The third-order valence-electron chi connectivity index (χ3n) is 3.20. The average molecular weight is 221 g/mol. The molecule has 0 amide bonds. The number of pyridine rings is 1. The molecular formula is C11H15N3O2. The summed E-state index contributed by atoms with van der Waals surface area (Å²) in [5.74, 6) is 0.577. The van der Waals surface area contributed by atoms with Crippen molar-refractivity contribution in [2.45, 2.75) is 32.2 Å². The van der Waals surface area contributed by atoms with E-state index in [2.05, 4.69) is 17.2 Å². The van der Waals surface area contributed by atoms with Crippen molar-refractivity contribution in [2.75, 3.05) is 5.32 Å². The predicted molar refractivity (Wildman–Crippen MR) is 61.3 cm³/mol. The molecule has 16 heavy (non-hydrogen) atoms. The van der Waals surface area contributed by atoms with Crippen molar-refractivity contribution < 1.29 is 4.92 Å². The number of anilines is 1. The zero-order valence-corrected chi connectivity index (χ0v) is 9.22. The first-order valence-electron chi connectivity index (χ1n) is 5.53. The Morgan fingerprint density at radius 1 is 1.56 bits per heavy atom. The lowest BCUT2D eigenvalue weighted by molar-refractivity contribution is -0.384. The van der Waals surface area contributed by atoms with Gasteiger partial charge in [-0.15, -0.1) is 0 Å². The van der Waals surface area contributed by atoms with Gasteiger partial charge in [-0.05, 0) is 24.8 Å². The molecule has 1 aromatic heterocycles. The molecule has 2 unspecified atom stereocenters. The molecule has 0 aliphatic heterocycles. The molecular weight excluding hydrogens is 206 g/mol. The van der Waals surface area contributed by atoms with Gasteiger partial charge in [0.15, 0.2) is 0 Å². The van der Waals surface area contributed by atoms with Crippen molar-refractivity contribution in [1.82, 2.24) is 4.98 Å². The van der Waals surface area contributed by atoms with Gasteiger partial charge in [0.25, 0.3) is 0 Å². The molecule has 1 saturated carbocycles. The number of hydrogen-bond donors (Lipinski definition) is 1.